The van der Waals surface area contributed by atoms with Crippen molar-refractivity contribution in [2.24, 2.45) is 0 Å². The van der Waals surface area contributed by atoms with Crippen LogP contribution in [0.25, 0.3) is 0 Å². The van der Waals surface area contributed by atoms with Gasteiger partial charge < -0.3 is 9.80 Å². The fraction of sp³-hybridized carbons (Fsp3) is 0.364. The number of rotatable bonds is 5. The molecule has 1 saturated heterocycles. The molecular formula is C22H25N3O. The van der Waals surface area contributed by atoms with Crippen LogP contribution in [-0.4, -0.2) is 25.9 Å². The average Bonchev–Trinajstić information content (AvgIpc) is 2.68. The third-order valence-corrected chi connectivity index (χ3v) is 4.99. The smallest absolute Gasteiger partial charge is 0.161 e. The maximum atomic E-state index is 11.9. The summed E-state index contributed by atoms with van der Waals surface area (Å²) in [5.41, 5.74) is 4.49. The second-order valence-corrected chi connectivity index (χ2v) is 6.97. The van der Waals surface area contributed by atoms with Gasteiger partial charge in [0, 0.05) is 43.6 Å². The maximum Gasteiger partial charge on any atom is 0.161 e. The zero-order valence-electron chi connectivity index (χ0n) is 15.5. The predicted octanol–water partition coefficient (Wildman–Crippen LogP) is 4.39. The van der Waals surface area contributed by atoms with Gasteiger partial charge in [-0.1, -0.05) is 12.1 Å². The van der Waals surface area contributed by atoms with E-state index < -0.39 is 0 Å². The molecular weight excluding hydrogens is 322 g/mol. The molecule has 2 aromatic rings. The average molecular weight is 347 g/mol. The molecule has 0 aromatic heterocycles. The first-order chi connectivity index (χ1) is 12.6. The Balaban J connectivity index is 1.76. The lowest BCUT2D eigenvalue weighted by molar-refractivity contribution is 0.101. The van der Waals surface area contributed by atoms with Gasteiger partial charge in [0.2, 0.25) is 0 Å². The van der Waals surface area contributed by atoms with Crippen LogP contribution in [-0.2, 0) is 6.54 Å². The largest absolute Gasteiger partial charge is 0.372 e. The molecule has 1 aliphatic heterocycles. The van der Waals surface area contributed by atoms with Gasteiger partial charge in [-0.3, -0.25) is 4.79 Å². The number of piperidine rings is 1. The molecule has 0 N–H and O–H groups in total. The predicted molar refractivity (Wildman–Crippen MR) is 106 cm³/mol. The highest BCUT2D eigenvalue weighted by atomic mass is 16.1. The van der Waals surface area contributed by atoms with E-state index >= 15 is 0 Å². The number of hydrogen-bond acceptors (Lipinski definition) is 4. The lowest BCUT2D eigenvalue weighted by Gasteiger charge is -2.29. The summed E-state index contributed by atoms with van der Waals surface area (Å²) < 4.78 is 0. The quantitative estimate of drug-likeness (QED) is 0.753. The maximum absolute atomic E-state index is 11.9. The molecule has 134 valence electrons. The summed E-state index contributed by atoms with van der Waals surface area (Å²) in [7, 11) is 1.96. The Morgan fingerprint density at radius 1 is 1.12 bits per heavy atom. The minimum atomic E-state index is 0.0109. The number of nitriles is 1. The van der Waals surface area contributed by atoms with Crippen LogP contribution >= 0.6 is 0 Å². The molecule has 0 bridgehead atoms. The van der Waals surface area contributed by atoms with Crippen molar-refractivity contribution < 1.29 is 4.79 Å². The van der Waals surface area contributed by atoms with E-state index in [4.69, 9.17) is 5.26 Å². The van der Waals surface area contributed by atoms with E-state index in [1.54, 1.807) is 25.1 Å². The number of benzene rings is 2. The molecule has 4 heteroatoms. The van der Waals surface area contributed by atoms with Gasteiger partial charge in [-0.05, 0) is 62.1 Å². The van der Waals surface area contributed by atoms with E-state index in [0.29, 0.717) is 17.7 Å². The van der Waals surface area contributed by atoms with E-state index in [1.807, 2.05) is 11.9 Å². The van der Waals surface area contributed by atoms with Crippen molar-refractivity contribution in [2.75, 3.05) is 29.9 Å². The summed E-state index contributed by atoms with van der Waals surface area (Å²) in [6.07, 6.45) is 3.88. The second kappa shape index (κ2) is 8.05. The molecule has 0 spiro atoms. The van der Waals surface area contributed by atoms with Crippen LogP contribution in [0.4, 0.5) is 11.4 Å². The fourth-order valence-corrected chi connectivity index (χ4v) is 3.54. The summed E-state index contributed by atoms with van der Waals surface area (Å²) in [6.45, 7) is 4.53. The molecule has 0 aliphatic carbocycles. The van der Waals surface area contributed by atoms with Crippen LogP contribution < -0.4 is 9.80 Å². The van der Waals surface area contributed by atoms with Crippen molar-refractivity contribution in [1.82, 2.24) is 0 Å². The van der Waals surface area contributed by atoms with Gasteiger partial charge >= 0.3 is 0 Å². The number of nitrogens with zero attached hydrogens (tertiary/aromatic N) is 3. The lowest BCUT2D eigenvalue weighted by Crippen LogP contribution is -2.29. The van der Waals surface area contributed by atoms with Crippen molar-refractivity contribution in [2.45, 2.75) is 32.7 Å². The van der Waals surface area contributed by atoms with E-state index in [9.17, 15) is 4.79 Å². The number of carbonyl (C=O) groups is 1. The molecule has 1 heterocycles. The number of hydrogen-bond donors (Lipinski definition) is 0. The Hall–Kier alpha value is -2.80. The van der Waals surface area contributed by atoms with E-state index in [0.717, 1.165) is 18.8 Å². The van der Waals surface area contributed by atoms with Gasteiger partial charge in [0.15, 0.2) is 5.78 Å². The van der Waals surface area contributed by atoms with Gasteiger partial charge in [-0.25, -0.2) is 0 Å². The molecule has 0 amide bonds. The van der Waals surface area contributed by atoms with E-state index in [2.05, 4.69) is 35.2 Å². The first kappa shape index (κ1) is 18.0. The number of ketones is 1. The SMILES string of the molecule is CC(=O)c1ccc(C#N)cc1N(C)Cc1ccc(N2CCCCC2)cc1. The first-order valence-electron chi connectivity index (χ1n) is 9.18. The summed E-state index contributed by atoms with van der Waals surface area (Å²) in [6, 6.07) is 16.1. The molecule has 0 radical (unpaired) electrons. The normalized spacial score (nSPS) is 14.0. The van der Waals surface area contributed by atoms with Crippen LogP contribution in [0.3, 0.4) is 0 Å². The summed E-state index contributed by atoms with van der Waals surface area (Å²) in [5, 5.41) is 9.16. The van der Waals surface area contributed by atoms with Crippen molar-refractivity contribution in [3.8, 4) is 6.07 Å². The summed E-state index contributed by atoms with van der Waals surface area (Å²) >= 11 is 0. The highest BCUT2D eigenvalue weighted by Gasteiger charge is 2.14. The van der Waals surface area contributed by atoms with Gasteiger partial charge in [0.1, 0.15) is 0 Å². The van der Waals surface area contributed by atoms with Crippen molar-refractivity contribution in [3.05, 3.63) is 59.2 Å². The Bertz CT molecular complexity index is 814. The summed E-state index contributed by atoms with van der Waals surface area (Å²) in [4.78, 5) is 16.4. The molecule has 0 saturated carbocycles. The van der Waals surface area contributed by atoms with E-state index in [-0.39, 0.29) is 5.78 Å². The highest BCUT2D eigenvalue weighted by Crippen LogP contribution is 2.25. The Morgan fingerprint density at radius 2 is 1.81 bits per heavy atom. The van der Waals surface area contributed by atoms with Gasteiger partial charge in [-0.2, -0.15) is 5.26 Å². The molecule has 0 unspecified atom stereocenters. The van der Waals surface area contributed by atoms with Crippen molar-refractivity contribution in [3.63, 3.8) is 0 Å². The Labute approximate surface area is 155 Å². The van der Waals surface area contributed by atoms with E-state index in [1.165, 1.54) is 30.5 Å². The zero-order valence-corrected chi connectivity index (χ0v) is 15.5. The van der Waals surface area contributed by atoms with Crippen molar-refractivity contribution in [1.29, 1.82) is 5.26 Å². The van der Waals surface area contributed by atoms with Gasteiger partial charge in [-0.15, -0.1) is 0 Å². The van der Waals surface area contributed by atoms with Gasteiger partial charge in [0.25, 0.3) is 0 Å². The zero-order chi connectivity index (χ0) is 18.5. The second-order valence-electron chi connectivity index (χ2n) is 6.97. The minimum Gasteiger partial charge on any atom is -0.372 e. The third kappa shape index (κ3) is 4.05. The van der Waals surface area contributed by atoms with Crippen LogP contribution in [0, 0.1) is 11.3 Å². The number of carbonyl (C=O) groups excluding carboxylic acids is 1. The standard InChI is InChI=1S/C22H25N3O/c1-17(26)21-11-8-19(15-23)14-22(21)24(2)16-18-6-9-20(10-7-18)25-12-4-3-5-13-25/h6-11,14H,3-5,12-13,16H2,1-2H3. The number of anilines is 2. The molecule has 1 fully saturated rings. The van der Waals surface area contributed by atoms with Gasteiger partial charge in [0.05, 0.1) is 11.6 Å². The van der Waals surface area contributed by atoms with Crippen LogP contribution in [0.5, 0.6) is 0 Å². The first-order valence-corrected chi connectivity index (χ1v) is 9.18. The fourth-order valence-electron chi connectivity index (χ4n) is 3.54. The minimum absolute atomic E-state index is 0.0109. The molecule has 4 nitrogen and oxygen atoms in total. The Morgan fingerprint density at radius 3 is 2.42 bits per heavy atom. The monoisotopic (exact) mass is 347 g/mol. The summed E-state index contributed by atoms with van der Waals surface area (Å²) in [5.74, 6) is 0.0109. The molecule has 3 rings (SSSR count). The Kier molecular flexibility index (Phi) is 5.58. The molecule has 26 heavy (non-hydrogen) atoms. The lowest BCUT2D eigenvalue weighted by atomic mass is 10.0. The third-order valence-electron chi connectivity index (χ3n) is 4.99. The molecule has 0 atom stereocenters. The topological polar surface area (TPSA) is 47.3 Å². The van der Waals surface area contributed by atoms with Crippen LogP contribution in [0.2, 0.25) is 0 Å². The molecule has 2 aromatic carbocycles. The highest BCUT2D eigenvalue weighted by molar-refractivity contribution is 6.00. The molecule has 1 aliphatic rings. The number of Topliss-reactive ketones (excluding diaryl/α,β-unsaturated/α-hetero) is 1. The van der Waals surface area contributed by atoms with Crippen LogP contribution in [0.1, 0.15) is 47.7 Å². The van der Waals surface area contributed by atoms with Crippen LogP contribution in [0.15, 0.2) is 42.5 Å². The van der Waals surface area contributed by atoms with Crippen molar-refractivity contribution >= 4 is 17.2 Å².